The standard InChI is InChI=1S/C22H25ClN2O6/c1-12-8-14(18(31-2)7-6-13-4-3-5-15(26)9-13)10-16(23)20(12)21(28)25-17(22(29)30)11-19(24)27/h3-5,8-10,17-18,26H,6-7,11H2,1-2H3,(H2,24,27)(H,25,28)(H,29,30)/t17-,18?/m0/s1. The monoisotopic (exact) mass is 448 g/mol. The van der Waals surface area contributed by atoms with E-state index in [0.717, 1.165) is 11.1 Å². The minimum atomic E-state index is -1.45. The van der Waals surface area contributed by atoms with Crippen molar-refractivity contribution in [3.63, 3.8) is 0 Å². The van der Waals surface area contributed by atoms with Crippen molar-refractivity contribution in [2.75, 3.05) is 7.11 Å². The van der Waals surface area contributed by atoms with Crippen molar-refractivity contribution in [2.24, 2.45) is 5.73 Å². The van der Waals surface area contributed by atoms with Crippen molar-refractivity contribution >= 4 is 29.4 Å². The molecule has 8 nitrogen and oxygen atoms in total. The maximum Gasteiger partial charge on any atom is 0.326 e. The van der Waals surface area contributed by atoms with E-state index in [4.69, 9.17) is 22.1 Å². The number of ether oxygens (including phenoxy) is 1. The second kappa shape index (κ2) is 10.8. The van der Waals surface area contributed by atoms with Gasteiger partial charge in [0, 0.05) is 7.11 Å². The van der Waals surface area contributed by atoms with Crippen molar-refractivity contribution in [3.8, 4) is 5.75 Å². The van der Waals surface area contributed by atoms with Crippen LogP contribution in [0.15, 0.2) is 36.4 Å². The Morgan fingerprint density at radius 3 is 2.48 bits per heavy atom. The van der Waals surface area contributed by atoms with Gasteiger partial charge in [-0.3, -0.25) is 9.59 Å². The molecule has 0 heterocycles. The average molecular weight is 449 g/mol. The number of aryl methyl sites for hydroxylation is 2. The lowest BCUT2D eigenvalue weighted by Gasteiger charge is -2.19. The highest BCUT2D eigenvalue weighted by Crippen LogP contribution is 2.30. The Morgan fingerprint density at radius 1 is 1.23 bits per heavy atom. The van der Waals surface area contributed by atoms with E-state index in [-0.39, 0.29) is 22.4 Å². The molecule has 2 amide bonds. The van der Waals surface area contributed by atoms with Crippen molar-refractivity contribution in [2.45, 2.75) is 38.3 Å². The third-order valence-corrected chi connectivity index (χ3v) is 5.11. The minimum Gasteiger partial charge on any atom is -0.508 e. The molecule has 166 valence electrons. The number of carbonyl (C=O) groups excluding carboxylic acids is 2. The van der Waals surface area contributed by atoms with E-state index in [0.29, 0.717) is 18.4 Å². The highest BCUT2D eigenvalue weighted by Gasteiger charge is 2.25. The Morgan fingerprint density at radius 2 is 1.94 bits per heavy atom. The first kappa shape index (κ1) is 24.2. The van der Waals surface area contributed by atoms with Crippen LogP contribution in [-0.2, 0) is 20.7 Å². The van der Waals surface area contributed by atoms with E-state index in [1.807, 2.05) is 6.07 Å². The molecule has 0 radical (unpaired) electrons. The number of carboxylic acids is 1. The molecular weight excluding hydrogens is 424 g/mol. The number of carboxylic acid groups (broad SMARTS) is 1. The summed E-state index contributed by atoms with van der Waals surface area (Å²) >= 11 is 6.35. The molecule has 2 rings (SSSR count). The first-order valence-corrected chi connectivity index (χ1v) is 9.92. The number of benzene rings is 2. The zero-order valence-corrected chi connectivity index (χ0v) is 18.0. The molecule has 31 heavy (non-hydrogen) atoms. The fourth-order valence-electron chi connectivity index (χ4n) is 3.31. The molecule has 2 atom stereocenters. The van der Waals surface area contributed by atoms with E-state index in [1.54, 1.807) is 44.4 Å². The quantitative estimate of drug-likeness (QED) is 0.440. The van der Waals surface area contributed by atoms with Crippen LogP contribution in [0.1, 0.15) is 46.0 Å². The lowest BCUT2D eigenvalue weighted by molar-refractivity contribution is -0.140. The zero-order chi connectivity index (χ0) is 23.1. The summed E-state index contributed by atoms with van der Waals surface area (Å²) in [7, 11) is 1.57. The molecular formula is C22H25ClN2O6. The number of nitrogens with two attached hydrogens (primary N) is 1. The Bertz CT molecular complexity index is 955. The molecule has 0 spiro atoms. The molecule has 9 heteroatoms. The molecule has 5 N–H and O–H groups in total. The van der Waals surface area contributed by atoms with Crippen molar-refractivity contribution in [3.05, 3.63) is 63.7 Å². The summed E-state index contributed by atoms with van der Waals surface area (Å²) in [5.41, 5.74) is 7.40. The number of hydrogen-bond acceptors (Lipinski definition) is 5. The van der Waals surface area contributed by atoms with Crippen LogP contribution in [0.5, 0.6) is 5.75 Å². The third kappa shape index (κ3) is 6.70. The van der Waals surface area contributed by atoms with Crippen molar-refractivity contribution in [1.29, 1.82) is 0 Å². The molecule has 0 aliphatic carbocycles. The average Bonchev–Trinajstić information content (AvgIpc) is 2.67. The zero-order valence-electron chi connectivity index (χ0n) is 17.2. The van der Waals surface area contributed by atoms with Gasteiger partial charge in [0.2, 0.25) is 5.91 Å². The van der Waals surface area contributed by atoms with Gasteiger partial charge in [-0.25, -0.2) is 4.79 Å². The van der Waals surface area contributed by atoms with Crippen LogP contribution in [-0.4, -0.2) is 41.1 Å². The van der Waals surface area contributed by atoms with Gasteiger partial charge in [0.25, 0.3) is 5.91 Å². The molecule has 0 saturated heterocycles. The number of amides is 2. The van der Waals surface area contributed by atoms with Gasteiger partial charge in [0.1, 0.15) is 11.8 Å². The molecule has 0 aromatic heterocycles. The smallest absolute Gasteiger partial charge is 0.326 e. The van der Waals surface area contributed by atoms with Gasteiger partial charge in [0.05, 0.1) is 23.1 Å². The largest absolute Gasteiger partial charge is 0.508 e. The molecule has 0 saturated carbocycles. The molecule has 0 fully saturated rings. The number of hydrogen-bond donors (Lipinski definition) is 4. The number of phenolic OH excluding ortho intramolecular Hbond substituents is 1. The Kier molecular flexibility index (Phi) is 8.41. The highest BCUT2D eigenvalue weighted by molar-refractivity contribution is 6.34. The number of primary amides is 1. The first-order valence-electron chi connectivity index (χ1n) is 9.55. The molecule has 0 aliphatic rings. The SMILES string of the molecule is COC(CCc1cccc(O)c1)c1cc(C)c(C(=O)N[C@@H](CC(N)=O)C(=O)O)c(Cl)c1. The van der Waals surface area contributed by atoms with E-state index in [2.05, 4.69) is 5.32 Å². The summed E-state index contributed by atoms with van der Waals surface area (Å²) in [6, 6.07) is 8.86. The van der Waals surface area contributed by atoms with Crippen LogP contribution in [0.4, 0.5) is 0 Å². The summed E-state index contributed by atoms with van der Waals surface area (Å²) in [6.07, 6.45) is 0.425. The second-order valence-corrected chi connectivity index (χ2v) is 7.57. The fourth-order valence-corrected chi connectivity index (χ4v) is 3.67. The molecule has 2 aromatic rings. The molecule has 0 aliphatic heterocycles. The predicted molar refractivity (Wildman–Crippen MR) is 115 cm³/mol. The number of halogens is 1. The van der Waals surface area contributed by atoms with Gasteiger partial charge in [-0.05, 0) is 54.7 Å². The number of aromatic hydroxyl groups is 1. The van der Waals surface area contributed by atoms with Gasteiger partial charge < -0.3 is 26.0 Å². The van der Waals surface area contributed by atoms with Crippen LogP contribution in [0.3, 0.4) is 0 Å². The normalized spacial score (nSPS) is 12.7. The van der Waals surface area contributed by atoms with Gasteiger partial charge in [-0.15, -0.1) is 0 Å². The lowest BCUT2D eigenvalue weighted by Crippen LogP contribution is -2.43. The van der Waals surface area contributed by atoms with E-state index in [9.17, 15) is 24.6 Å². The maximum atomic E-state index is 12.6. The number of methoxy groups -OCH3 is 1. The predicted octanol–water partition coefficient (Wildman–Crippen LogP) is 2.73. The molecule has 1 unspecified atom stereocenters. The van der Waals surface area contributed by atoms with Crippen LogP contribution < -0.4 is 11.1 Å². The number of rotatable bonds is 10. The fraction of sp³-hybridized carbons (Fsp3) is 0.318. The summed E-state index contributed by atoms with van der Waals surface area (Å²) in [6.45, 7) is 1.68. The van der Waals surface area contributed by atoms with E-state index in [1.165, 1.54) is 0 Å². The van der Waals surface area contributed by atoms with Crippen molar-refractivity contribution < 1.29 is 29.3 Å². The van der Waals surface area contributed by atoms with Crippen LogP contribution in [0.2, 0.25) is 5.02 Å². The first-order chi connectivity index (χ1) is 14.6. The third-order valence-electron chi connectivity index (χ3n) is 4.81. The van der Waals surface area contributed by atoms with Gasteiger partial charge in [-0.1, -0.05) is 29.8 Å². The van der Waals surface area contributed by atoms with E-state index >= 15 is 0 Å². The van der Waals surface area contributed by atoms with Gasteiger partial charge in [-0.2, -0.15) is 0 Å². The van der Waals surface area contributed by atoms with Crippen molar-refractivity contribution in [1.82, 2.24) is 5.32 Å². The Labute approximate surface area is 185 Å². The number of aliphatic carboxylic acids is 1. The van der Waals surface area contributed by atoms with Gasteiger partial charge in [0.15, 0.2) is 0 Å². The van der Waals surface area contributed by atoms with Crippen LogP contribution >= 0.6 is 11.6 Å². The maximum absolute atomic E-state index is 12.6. The molecule has 2 aromatic carbocycles. The van der Waals surface area contributed by atoms with E-state index < -0.39 is 30.2 Å². The summed E-state index contributed by atoms with van der Waals surface area (Å²) in [5, 5.41) is 21.2. The topological polar surface area (TPSA) is 139 Å². The minimum absolute atomic E-state index is 0.115. The second-order valence-electron chi connectivity index (χ2n) is 7.16. The Balaban J connectivity index is 2.19. The van der Waals surface area contributed by atoms with Gasteiger partial charge >= 0.3 is 5.97 Å². The lowest BCUT2D eigenvalue weighted by atomic mass is 9.97. The molecule has 0 bridgehead atoms. The number of phenols is 1. The number of nitrogens with one attached hydrogen (secondary N) is 1. The summed E-state index contributed by atoms with van der Waals surface area (Å²) < 4.78 is 5.59. The van der Waals surface area contributed by atoms with Crippen LogP contribution in [0, 0.1) is 6.92 Å². The Hall–Kier alpha value is -3.10. The summed E-state index contributed by atoms with van der Waals surface area (Å²) in [5.74, 6) is -2.74. The number of carbonyl (C=O) groups is 3. The highest BCUT2D eigenvalue weighted by atomic mass is 35.5. The van der Waals surface area contributed by atoms with Crippen LogP contribution in [0.25, 0.3) is 0 Å². The summed E-state index contributed by atoms with van der Waals surface area (Å²) in [4.78, 5) is 34.9.